The third kappa shape index (κ3) is 3.42. The summed E-state index contributed by atoms with van der Waals surface area (Å²) in [5, 5.41) is 2.79. The van der Waals surface area contributed by atoms with Gasteiger partial charge in [0.1, 0.15) is 10.6 Å². The molecule has 1 aromatic heterocycles. The molecule has 1 aromatic carbocycles. The van der Waals surface area contributed by atoms with E-state index in [9.17, 15) is 8.42 Å². The predicted molar refractivity (Wildman–Crippen MR) is 83.2 cm³/mol. The zero-order chi connectivity index (χ0) is 15.6. The van der Waals surface area contributed by atoms with Gasteiger partial charge in [0.25, 0.3) is 0 Å². The van der Waals surface area contributed by atoms with Gasteiger partial charge in [-0.3, -0.25) is 0 Å². The number of methoxy groups -OCH3 is 1. The van der Waals surface area contributed by atoms with E-state index in [-0.39, 0.29) is 11.4 Å². The quantitative estimate of drug-likeness (QED) is 0.847. The van der Waals surface area contributed by atoms with Crippen molar-refractivity contribution in [3.05, 3.63) is 39.8 Å². The molecule has 114 valence electrons. The lowest BCUT2D eigenvalue weighted by Gasteiger charge is -2.18. The van der Waals surface area contributed by atoms with Gasteiger partial charge < -0.3 is 4.74 Å². The van der Waals surface area contributed by atoms with Crippen LogP contribution in [0, 0.1) is 13.8 Å². The second-order valence-electron chi connectivity index (χ2n) is 4.77. The third-order valence-corrected chi connectivity index (χ3v) is 5.71. The number of aryl methyl sites for hydroxylation is 2. The number of ether oxygens (including phenoxy) is 1. The van der Waals surface area contributed by atoms with Crippen LogP contribution in [-0.2, 0) is 16.6 Å². The Balaban J connectivity index is 2.35. The first-order chi connectivity index (χ1) is 9.84. The van der Waals surface area contributed by atoms with E-state index in [0.29, 0.717) is 5.75 Å². The van der Waals surface area contributed by atoms with E-state index < -0.39 is 10.0 Å². The molecule has 0 atom stereocenters. The van der Waals surface area contributed by atoms with Crippen LogP contribution in [0.25, 0.3) is 0 Å². The van der Waals surface area contributed by atoms with Crippen LogP contribution in [0.5, 0.6) is 5.75 Å². The number of rotatable bonds is 5. The molecule has 0 radical (unpaired) electrons. The normalized spacial score (nSPS) is 11.9. The molecule has 1 heterocycles. The third-order valence-electron chi connectivity index (χ3n) is 3.06. The summed E-state index contributed by atoms with van der Waals surface area (Å²) in [5.41, 5.74) is 1.61. The Morgan fingerprint density at radius 3 is 2.62 bits per heavy atom. The molecule has 0 saturated carbocycles. The monoisotopic (exact) mass is 326 g/mol. The van der Waals surface area contributed by atoms with Crippen LogP contribution in [0.1, 0.15) is 16.3 Å². The van der Waals surface area contributed by atoms with Gasteiger partial charge in [-0.15, -0.1) is 11.3 Å². The summed E-state index contributed by atoms with van der Waals surface area (Å²) in [5.74, 6) is 0.349. The molecule has 0 N–H and O–H groups in total. The number of benzene rings is 1. The van der Waals surface area contributed by atoms with E-state index in [2.05, 4.69) is 4.98 Å². The van der Waals surface area contributed by atoms with Gasteiger partial charge in [-0.05, 0) is 31.5 Å². The van der Waals surface area contributed by atoms with Gasteiger partial charge in [-0.2, -0.15) is 4.31 Å². The van der Waals surface area contributed by atoms with Crippen LogP contribution < -0.4 is 4.74 Å². The average Bonchev–Trinajstić information content (AvgIpc) is 2.84. The Morgan fingerprint density at radius 2 is 2.05 bits per heavy atom. The van der Waals surface area contributed by atoms with E-state index in [4.69, 9.17) is 4.74 Å². The number of sulfonamides is 1. The lowest BCUT2D eigenvalue weighted by Crippen LogP contribution is -2.27. The van der Waals surface area contributed by atoms with Gasteiger partial charge in [0.05, 0.1) is 24.4 Å². The molecule has 0 aliphatic rings. The number of nitrogens with zero attached hydrogens (tertiary/aromatic N) is 2. The molecule has 0 bridgehead atoms. The SMILES string of the molecule is COc1ccc(C)cc1S(=O)(=O)N(C)Cc1csc(C)n1. The summed E-state index contributed by atoms with van der Waals surface area (Å²) in [4.78, 5) is 4.48. The lowest BCUT2D eigenvalue weighted by molar-refractivity contribution is 0.397. The van der Waals surface area contributed by atoms with E-state index in [1.54, 1.807) is 19.2 Å². The molecule has 2 rings (SSSR count). The van der Waals surface area contributed by atoms with Crippen molar-refractivity contribution in [3.63, 3.8) is 0 Å². The van der Waals surface area contributed by atoms with Crippen molar-refractivity contribution in [2.75, 3.05) is 14.2 Å². The minimum Gasteiger partial charge on any atom is -0.495 e. The molecule has 21 heavy (non-hydrogen) atoms. The summed E-state index contributed by atoms with van der Waals surface area (Å²) in [7, 11) is -0.607. The van der Waals surface area contributed by atoms with Crippen molar-refractivity contribution in [2.45, 2.75) is 25.3 Å². The summed E-state index contributed by atoms with van der Waals surface area (Å²) in [6, 6.07) is 5.11. The maximum atomic E-state index is 12.7. The molecule has 2 aromatic rings. The zero-order valence-corrected chi connectivity index (χ0v) is 14.1. The van der Waals surface area contributed by atoms with Crippen molar-refractivity contribution >= 4 is 21.4 Å². The average molecular weight is 326 g/mol. The summed E-state index contributed by atoms with van der Waals surface area (Å²) in [6.07, 6.45) is 0. The number of hydrogen-bond acceptors (Lipinski definition) is 5. The van der Waals surface area contributed by atoms with Crippen molar-refractivity contribution < 1.29 is 13.2 Å². The lowest BCUT2D eigenvalue weighted by atomic mass is 10.2. The molecule has 0 amide bonds. The van der Waals surface area contributed by atoms with Crippen molar-refractivity contribution in [1.29, 1.82) is 0 Å². The molecule has 5 nitrogen and oxygen atoms in total. The summed E-state index contributed by atoms with van der Waals surface area (Å²) < 4.78 is 31.9. The number of aromatic nitrogens is 1. The summed E-state index contributed by atoms with van der Waals surface area (Å²) in [6.45, 7) is 3.98. The highest BCUT2D eigenvalue weighted by molar-refractivity contribution is 7.89. The van der Waals surface area contributed by atoms with Gasteiger partial charge in [0, 0.05) is 12.4 Å². The zero-order valence-electron chi connectivity index (χ0n) is 12.5. The Kier molecular flexibility index (Phi) is 4.65. The number of hydrogen-bond donors (Lipinski definition) is 0. The van der Waals surface area contributed by atoms with Crippen molar-refractivity contribution in [2.24, 2.45) is 0 Å². The maximum Gasteiger partial charge on any atom is 0.246 e. The topological polar surface area (TPSA) is 59.5 Å². The fourth-order valence-corrected chi connectivity index (χ4v) is 3.93. The van der Waals surface area contributed by atoms with Gasteiger partial charge in [-0.1, -0.05) is 6.07 Å². The minimum absolute atomic E-state index is 0.180. The van der Waals surface area contributed by atoms with Gasteiger partial charge >= 0.3 is 0 Å². The maximum absolute atomic E-state index is 12.7. The number of thiazole rings is 1. The molecule has 0 saturated heterocycles. The Labute approximate surface area is 129 Å². The highest BCUT2D eigenvalue weighted by Crippen LogP contribution is 2.28. The predicted octanol–water partition coefficient (Wildman–Crippen LogP) is 2.59. The first kappa shape index (κ1) is 15.9. The first-order valence-electron chi connectivity index (χ1n) is 6.36. The van der Waals surface area contributed by atoms with Crippen LogP contribution in [0.15, 0.2) is 28.5 Å². The minimum atomic E-state index is -3.62. The highest BCUT2D eigenvalue weighted by Gasteiger charge is 2.25. The standard InChI is InChI=1S/C14H18N2O3S2/c1-10-5-6-13(19-4)14(7-10)21(17,18)16(3)8-12-9-20-11(2)15-12/h5-7,9H,8H2,1-4H3. The van der Waals surface area contributed by atoms with Crippen LogP contribution in [0.3, 0.4) is 0 Å². The fourth-order valence-electron chi connectivity index (χ4n) is 1.95. The molecule has 0 aliphatic carbocycles. The van der Waals surface area contributed by atoms with Crippen LogP contribution >= 0.6 is 11.3 Å². The largest absolute Gasteiger partial charge is 0.495 e. The fraction of sp³-hybridized carbons (Fsp3) is 0.357. The van der Waals surface area contributed by atoms with Gasteiger partial charge in [-0.25, -0.2) is 13.4 Å². The molecule has 0 unspecified atom stereocenters. The van der Waals surface area contributed by atoms with E-state index in [1.807, 2.05) is 25.3 Å². The van der Waals surface area contributed by atoms with Crippen LogP contribution in [-0.4, -0.2) is 31.9 Å². The molecular formula is C14H18N2O3S2. The van der Waals surface area contributed by atoms with Crippen LogP contribution in [0.4, 0.5) is 0 Å². The van der Waals surface area contributed by atoms with Crippen molar-refractivity contribution in [1.82, 2.24) is 9.29 Å². The molecular weight excluding hydrogens is 308 g/mol. The Morgan fingerprint density at radius 1 is 1.33 bits per heavy atom. The molecule has 7 heteroatoms. The van der Waals surface area contributed by atoms with Crippen LogP contribution in [0.2, 0.25) is 0 Å². The Bertz CT molecular complexity index is 738. The highest BCUT2D eigenvalue weighted by atomic mass is 32.2. The molecule has 0 aliphatic heterocycles. The second kappa shape index (κ2) is 6.13. The molecule has 0 fully saturated rings. The Hall–Kier alpha value is -1.44. The second-order valence-corrected chi connectivity index (χ2v) is 7.85. The van der Waals surface area contributed by atoms with Crippen molar-refractivity contribution in [3.8, 4) is 5.75 Å². The summed E-state index contributed by atoms with van der Waals surface area (Å²) >= 11 is 1.51. The van der Waals surface area contributed by atoms with E-state index in [1.165, 1.54) is 22.8 Å². The van der Waals surface area contributed by atoms with Gasteiger partial charge in [0.2, 0.25) is 10.0 Å². The molecule has 0 spiro atoms. The van der Waals surface area contributed by atoms with E-state index in [0.717, 1.165) is 16.3 Å². The first-order valence-corrected chi connectivity index (χ1v) is 8.68. The van der Waals surface area contributed by atoms with E-state index >= 15 is 0 Å². The van der Waals surface area contributed by atoms with Gasteiger partial charge in [0.15, 0.2) is 0 Å². The smallest absolute Gasteiger partial charge is 0.246 e.